The summed E-state index contributed by atoms with van der Waals surface area (Å²) in [6.45, 7) is 9.89. The quantitative estimate of drug-likeness (QED) is 0.388. The van der Waals surface area contributed by atoms with E-state index >= 15 is 0 Å². The molecule has 3 atom stereocenters. The number of rotatable bonds is 11. The number of nitrogens with one attached hydrogen (secondary N) is 2. The van der Waals surface area contributed by atoms with Crippen LogP contribution in [0.25, 0.3) is 0 Å². The first-order chi connectivity index (χ1) is 17.8. The van der Waals surface area contributed by atoms with E-state index in [1.807, 2.05) is 13.8 Å². The van der Waals surface area contributed by atoms with Crippen molar-refractivity contribution >= 4 is 15.9 Å². The average molecular weight is 536 g/mol. The van der Waals surface area contributed by atoms with Gasteiger partial charge in [-0.15, -0.1) is 0 Å². The molecule has 0 aromatic heterocycles. The van der Waals surface area contributed by atoms with Crippen LogP contribution in [-0.2, 0) is 14.8 Å². The molecule has 10 nitrogen and oxygen atoms in total. The molecule has 37 heavy (non-hydrogen) atoms. The summed E-state index contributed by atoms with van der Waals surface area (Å²) in [5.41, 5.74) is 1.81. The molecule has 0 bridgehead atoms. The monoisotopic (exact) mass is 535 g/mol. The van der Waals surface area contributed by atoms with E-state index in [0.29, 0.717) is 50.6 Å². The Morgan fingerprint density at radius 2 is 1.86 bits per heavy atom. The Morgan fingerprint density at radius 3 is 2.51 bits per heavy atom. The minimum atomic E-state index is -3.73. The number of ether oxygens (including phenoxy) is 1. The minimum absolute atomic E-state index is 0.0580. The molecule has 11 heteroatoms. The highest BCUT2D eigenvalue weighted by atomic mass is 32.2. The van der Waals surface area contributed by atoms with Gasteiger partial charge in [0.25, 0.3) is 0 Å². The van der Waals surface area contributed by atoms with Crippen molar-refractivity contribution in [3.05, 3.63) is 35.5 Å². The molecular weight excluding hydrogens is 494 g/mol. The van der Waals surface area contributed by atoms with Gasteiger partial charge in [-0.3, -0.25) is 15.0 Å². The Balaban J connectivity index is 1.63. The number of fused-ring (bicyclic) bond motifs is 1. The maximum absolute atomic E-state index is 13.6. The number of likely N-dealkylation sites (N-methyl/N-ethyl adjacent to an activating group) is 1. The van der Waals surface area contributed by atoms with Gasteiger partial charge < -0.3 is 20.1 Å². The normalized spacial score (nSPS) is 25.1. The van der Waals surface area contributed by atoms with E-state index in [0.717, 1.165) is 25.8 Å². The van der Waals surface area contributed by atoms with Gasteiger partial charge in [0.15, 0.2) is 0 Å². The molecule has 3 N–H and O–H groups in total. The summed E-state index contributed by atoms with van der Waals surface area (Å²) < 4.78 is 34.6. The molecule has 0 radical (unpaired) electrons. The van der Waals surface area contributed by atoms with Gasteiger partial charge in [0.1, 0.15) is 18.0 Å². The molecule has 0 aliphatic carbocycles. The zero-order chi connectivity index (χ0) is 26.6. The Morgan fingerprint density at radius 1 is 1.11 bits per heavy atom. The van der Waals surface area contributed by atoms with Gasteiger partial charge in [0.2, 0.25) is 15.9 Å². The number of aliphatic hydroxyl groups is 1. The van der Waals surface area contributed by atoms with Gasteiger partial charge in [-0.1, -0.05) is 20.3 Å². The number of piperazine rings is 1. The third-order valence-electron chi connectivity index (χ3n) is 7.35. The second-order valence-corrected chi connectivity index (χ2v) is 11.8. The van der Waals surface area contributed by atoms with Crippen LogP contribution in [0.4, 0.5) is 0 Å². The van der Waals surface area contributed by atoms with Crippen molar-refractivity contribution < 1.29 is 23.1 Å². The minimum Gasteiger partial charge on any atom is -0.493 e. The van der Waals surface area contributed by atoms with Gasteiger partial charge in [-0.05, 0) is 43.5 Å². The standard InChI is InChI=1S/C26H41N5O5S/c1-4-7-19-18-30(6-3)24-23(19)27-25(28-26(24)33)21-17-20(8-9-22(21)36-16-5-2)37(34,35)31-12-10-29(11-13-31)14-15-32/h8-9,17-18,23-25,27,32H,4-7,10-16H2,1-3H3,(H,28,33). The number of hydrogen-bond donors (Lipinski definition) is 3. The number of benzene rings is 1. The van der Waals surface area contributed by atoms with Crippen molar-refractivity contribution in [3.8, 4) is 5.75 Å². The number of β-amino-alcohol motifs (C(OH)–C–C–N with tert-alkyl or cyclic N) is 1. The fourth-order valence-electron chi connectivity index (χ4n) is 5.42. The lowest BCUT2D eigenvalue weighted by Gasteiger charge is -2.39. The molecular formula is C26H41N5O5S. The van der Waals surface area contributed by atoms with Crippen LogP contribution < -0.4 is 15.4 Å². The summed E-state index contributed by atoms with van der Waals surface area (Å²) in [7, 11) is -3.73. The van der Waals surface area contributed by atoms with Crippen LogP contribution in [0.1, 0.15) is 51.8 Å². The lowest BCUT2D eigenvalue weighted by atomic mass is 9.95. The number of carbonyl (C=O) groups is 1. The van der Waals surface area contributed by atoms with Crippen molar-refractivity contribution in [2.45, 2.75) is 63.2 Å². The van der Waals surface area contributed by atoms with E-state index in [1.54, 1.807) is 18.2 Å². The van der Waals surface area contributed by atoms with Crippen molar-refractivity contribution in [3.63, 3.8) is 0 Å². The van der Waals surface area contributed by atoms with Crippen LogP contribution in [0.15, 0.2) is 34.9 Å². The summed E-state index contributed by atoms with van der Waals surface area (Å²) in [5.74, 6) is 0.490. The molecule has 3 aliphatic rings. The maximum atomic E-state index is 13.6. The van der Waals surface area contributed by atoms with Crippen molar-refractivity contribution in [1.29, 1.82) is 0 Å². The third kappa shape index (κ3) is 5.80. The molecule has 3 unspecified atom stereocenters. The fraction of sp³-hybridized carbons (Fsp3) is 0.654. The Bertz CT molecular complexity index is 1090. The van der Waals surface area contributed by atoms with Crippen molar-refractivity contribution in [2.75, 3.05) is 52.5 Å². The maximum Gasteiger partial charge on any atom is 0.246 e. The fourth-order valence-corrected chi connectivity index (χ4v) is 6.88. The highest BCUT2D eigenvalue weighted by molar-refractivity contribution is 7.89. The second kappa shape index (κ2) is 12.1. The molecule has 206 valence electrons. The molecule has 2 saturated heterocycles. The number of aliphatic hydroxyl groups excluding tert-OH is 1. The summed E-state index contributed by atoms with van der Waals surface area (Å²) >= 11 is 0. The second-order valence-electron chi connectivity index (χ2n) is 9.83. The summed E-state index contributed by atoms with van der Waals surface area (Å²) in [6.07, 6.45) is 4.20. The van der Waals surface area contributed by atoms with Gasteiger partial charge in [-0.2, -0.15) is 4.31 Å². The smallest absolute Gasteiger partial charge is 0.246 e. The van der Waals surface area contributed by atoms with Crippen LogP contribution in [0.5, 0.6) is 5.75 Å². The molecule has 4 rings (SSSR count). The molecule has 1 aromatic carbocycles. The summed E-state index contributed by atoms with van der Waals surface area (Å²) in [6, 6.07) is 4.49. The van der Waals surface area contributed by atoms with Gasteiger partial charge in [-0.25, -0.2) is 8.42 Å². The Labute approximate surface area is 220 Å². The largest absolute Gasteiger partial charge is 0.493 e. The van der Waals surface area contributed by atoms with E-state index in [1.165, 1.54) is 9.88 Å². The Kier molecular flexibility index (Phi) is 9.12. The predicted octanol–water partition coefficient (Wildman–Crippen LogP) is 1.25. The van der Waals surface area contributed by atoms with Crippen molar-refractivity contribution in [1.82, 2.24) is 24.7 Å². The first-order valence-corrected chi connectivity index (χ1v) is 14.9. The summed E-state index contributed by atoms with van der Waals surface area (Å²) in [4.78, 5) is 17.6. The van der Waals surface area contributed by atoms with E-state index in [9.17, 15) is 18.3 Å². The van der Waals surface area contributed by atoms with Crippen LogP contribution in [-0.4, -0.2) is 98.1 Å². The van der Waals surface area contributed by atoms with Gasteiger partial charge in [0.05, 0.1) is 24.2 Å². The third-order valence-corrected chi connectivity index (χ3v) is 9.24. The zero-order valence-electron chi connectivity index (χ0n) is 22.1. The molecule has 0 spiro atoms. The lowest BCUT2D eigenvalue weighted by Crippen LogP contribution is -2.62. The number of amides is 1. The predicted molar refractivity (Wildman–Crippen MR) is 141 cm³/mol. The molecule has 3 heterocycles. The number of nitrogens with zero attached hydrogens (tertiary/aromatic N) is 3. The first kappa shape index (κ1) is 27.8. The number of sulfonamides is 1. The summed E-state index contributed by atoms with van der Waals surface area (Å²) in [5, 5.41) is 15.9. The lowest BCUT2D eigenvalue weighted by molar-refractivity contribution is -0.129. The van der Waals surface area contributed by atoms with Gasteiger partial charge >= 0.3 is 0 Å². The van der Waals surface area contributed by atoms with E-state index in [-0.39, 0.29) is 29.5 Å². The number of hydrogen-bond acceptors (Lipinski definition) is 8. The molecule has 2 fully saturated rings. The van der Waals surface area contributed by atoms with Crippen molar-refractivity contribution in [2.24, 2.45) is 0 Å². The van der Waals surface area contributed by atoms with E-state index in [2.05, 4.69) is 33.6 Å². The van der Waals surface area contributed by atoms with E-state index < -0.39 is 16.2 Å². The van der Waals surface area contributed by atoms with Crippen LogP contribution in [0.3, 0.4) is 0 Å². The highest BCUT2D eigenvalue weighted by Gasteiger charge is 2.45. The Hall–Kier alpha value is -2.18. The molecule has 3 aliphatic heterocycles. The molecule has 1 aromatic rings. The van der Waals surface area contributed by atoms with Crippen LogP contribution in [0.2, 0.25) is 0 Å². The van der Waals surface area contributed by atoms with Gasteiger partial charge in [0, 0.05) is 51.0 Å². The van der Waals surface area contributed by atoms with E-state index in [4.69, 9.17) is 4.74 Å². The first-order valence-electron chi connectivity index (χ1n) is 13.5. The zero-order valence-corrected chi connectivity index (χ0v) is 23.0. The topological polar surface area (TPSA) is 114 Å². The van der Waals surface area contributed by atoms with Crippen LogP contribution in [0, 0.1) is 0 Å². The molecule has 0 saturated carbocycles. The highest BCUT2D eigenvalue weighted by Crippen LogP contribution is 2.35. The number of carbonyl (C=O) groups excluding carboxylic acids is 1. The van der Waals surface area contributed by atoms with Crippen LogP contribution >= 0.6 is 0 Å². The average Bonchev–Trinajstić information content (AvgIpc) is 3.26. The SMILES string of the molecule is CCCOc1ccc(S(=O)(=O)N2CCN(CCO)CC2)cc1C1NC(=O)C2C(N1)C(CCC)=CN2CC. The molecule has 1 amide bonds.